The summed E-state index contributed by atoms with van der Waals surface area (Å²) in [7, 11) is 0. The van der Waals surface area contributed by atoms with Crippen LogP contribution in [0.15, 0.2) is 42.6 Å². The van der Waals surface area contributed by atoms with E-state index in [1.807, 2.05) is 30.3 Å². The summed E-state index contributed by atoms with van der Waals surface area (Å²) < 4.78 is 5.92. The van der Waals surface area contributed by atoms with Gasteiger partial charge in [-0.25, -0.2) is 4.98 Å². The maximum Gasteiger partial charge on any atom is 0.222 e. The van der Waals surface area contributed by atoms with Gasteiger partial charge >= 0.3 is 0 Å². The topological polar surface area (TPSA) is 42.4 Å². The fourth-order valence-electron chi connectivity index (χ4n) is 2.76. The van der Waals surface area contributed by atoms with Crippen LogP contribution in [0, 0.1) is 6.92 Å². The predicted molar refractivity (Wildman–Crippen MR) is 78.1 cm³/mol. The number of aliphatic hydroxyl groups excluding tert-OH is 1. The zero-order chi connectivity index (χ0) is 13.9. The van der Waals surface area contributed by atoms with Crippen molar-refractivity contribution in [3.63, 3.8) is 0 Å². The average Bonchev–Trinajstić information content (AvgIpc) is 2.88. The Morgan fingerprint density at radius 3 is 2.65 bits per heavy atom. The third-order valence-corrected chi connectivity index (χ3v) is 3.88. The van der Waals surface area contributed by atoms with E-state index < -0.39 is 0 Å². The summed E-state index contributed by atoms with van der Waals surface area (Å²) in [6.07, 6.45) is 4.22. The van der Waals surface area contributed by atoms with E-state index in [0.29, 0.717) is 11.8 Å². The number of aliphatic hydroxyl groups is 1. The van der Waals surface area contributed by atoms with Crippen LogP contribution in [-0.2, 0) is 0 Å². The van der Waals surface area contributed by atoms with Gasteiger partial charge in [0, 0.05) is 11.8 Å². The third kappa shape index (κ3) is 2.83. The Bertz CT molecular complexity index is 580. The largest absolute Gasteiger partial charge is 0.439 e. The standard InChI is InChI=1S/C17H19NO2/c1-12-4-8-15(9-5-12)20-17-16(3-2-10-18-17)13-6-7-14(19)11-13/h2-5,8-10,13-14,19H,6-7,11H2,1H3. The number of aromatic nitrogens is 1. The molecule has 0 saturated heterocycles. The highest BCUT2D eigenvalue weighted by molar-refractivity contribution is 5.36. The van der Waals surface area contributed by atoms with E-state index in [-0.39, 0.29) is 6.10 Å². The number of pyridine rings is 1. The van der Waals surface area contributed by atoms with Crippen molar-refractivity contribution < 1.29 is 9.84 Å². The van der Waals surface area contributed by atoms with Crippen LogP contribution in [0.2, 0.25) is 0 Å². The van der Waals surface area contributed by atoms with Crippen LogP contribution in [0.25, 0.3) is 0 Å². The van der Waals surface area contributed by atoms with E-state index in [9.17, 15) is 5.11 Å². The lowest BCUT2D eigenvalue weighted by Crippen LogP contribution is -2.02. The minimum absolute atomic E-state index is 0.188. The summed E-state index contributed by atoms with van der Waals surface area (Å²) in [6.45, 7) is 2.05. The quantitative estimate of drug-likeness (QED) is 0.921. The van der Waals surface area contributed by atoms with Gasteiger partial charge in [-0.1, -0.05) is 23.8 Å². The van der Waals surface area contributed by atoms with Gasteiger partial charge in [0.15, 0.2) is 0 Å². The normalized spacial score (nSPS) is 21.9. The van der Waals surface area contributed by atoms with Gasteiger partial charge in [-0.05, 0) is 50.3 Å². The zero-order valence-corrected chi connectivity index (χ0v) is 11.6. The summed E-state index contributed by atoms with van der Waals surface area (Å²) in [5, 5.41) is 9.71. The first-order valence-corrected chi connectivity index (χ1v) is 7.10. The van der Waals surface area contributed by atoms with E-state index in [1.165, 1.54) is 5.56 Å². The van der Waals surface area contributed by atoms with Gasteiger partial charge < -0.3 is 9.84 Å². The van der Waals surface area contributed by atoms with E-state index in [1.54, 1.807) is 6.20 Å². The first-order chi connectivity index (χ1) is 9.72. The molecule has 3 rings (SSSR count). The van der Waals surface area contributed by atoms with Crippen molar-refractivity contribution in [3.8, 4) is 11.6 Å². The van der Waals surface area contributed by atoms with Crippen molar-refractivity contribution in [1.82, 2.24) is 4.98 Å². The fraction of sp³-hybridized carbons (Fsp3) is 0.353. The van der Waals surface area contributed by atoms with Crippen molar-refractivity contribution >= 4 is 0 Å². The second kappa shape index (κ2) is 5.63. The Hall–Kier alpha value is -1.87. The van der Waals surface area contributed by atoms with Gasteiger partial charge in [0.1, 0.15) is 5.75 Å². The average molecular weight is 269 g/mol. The van der Waals surface area contributed by atoms with Crippen molar-refractivity contribution in [3.05, 3.63) is 53.7 Å². The number of benzene rings is 1. The second-order valence-electron chi connectivity index (χ2n) is 5.48. The molecule has 20 heavy (non-hydrogen) atoms. The molecule has 2 aromatic rings. The van der Waals surface area contributed by atoms with Gasteiger partial charge in [-0.3, -0.25) is 0 Å². The van der Waals surface area contributed by atoms with Crippen LogP contribution < -0.4 is 4.74 Å². The van der Waals surface area contributed by atoms with Gasteiger partial charge in [-0.15, -0.1) is 0 Å². The number of hydrogen-bond donors (Lipinski definition) is 1. The van der Waals surface area contributed by atoms with E-state index in [4.69, 9.17) is 4.74 Å². The molecule has 3 heteroatoms. The molecule has 1 aliphatic carbocycles. The second-order valence-corrected chi connectivity index (χ2v) is 5.48. The van der Waals surface area contributed by atoms with Gasteiger partial charge in [0.25, 0.3) is 0 Å². The number of nitrogens with zero attached hydrogens (tertiary/aromatic N) is 1. The molecule has 1 aromatic carbocycles. The summed E-state index contributed by atoms with van der Waals surface area (Å²) in [5.74, 6) is 1.81. The van der Waals surface area contributed by atoms with Gasteiger partial charge in [0.2, 0.25) is 5.88 Å². The van der Waals surface area contributed by atoms with Gasteiger partial charge in [0.05, 0.1) is 6.10 Å². The SMILES string of the molecule is Cc1ccc(Oc2ncccc2C2CCC(O)C2)cc1. The van der Waals surface area contributed by atoms with Crippen molar-refractivity contribution in [1.29, 1.82) is 0 Å². The lowest BCUT2D eigenvalue weighted by Gasteiger charge is -2.14. The number of ether oxygens (including phenoxy) is 1. The third-order valence-electron chi connectivity index (χ3n) is 3.88. The molecule has 0 bridgehead atoms. The Balaban J connectivity index is 1.84. The van der Waals surface area contributed by atoms with Crippen LogP contribution in [0.4, 0.5) is 0 Å². The van der Waals surface area contributed by atoms with E-state index in [0.717, 1.165) is 30.6 Å². The van der Waals surface area contributed by atoms with Crippen molar-refractivity contribution in [2.24, 2.45) is 0 Å². The Kier molecular flexibility index (Phi) is 3.70. The van der Waals surface area contributed by atoms with E-state index >= 15 is 0 Å². The highest BCUT2D eigenvalue weighted by Crippen LogP contribution is 2.39. The lowest BCUT2D eigenvalue weighted by atomic mass is 9.99. The van der Waals surface area contributed by atoms with Crippen molar-refractivity contribution in [2.75, 3.05) is 0 Å². The molecule has 1 aromatic heterocycles. The molecule has 0 spiro atoms. The Morgan fingerprint density at radius 1 is 1.15 bits per heavy atom. The summed E-state index contributed by atoms with van der Waals surface area (Å²) in [4.78, 5) is 4.36. The minimum atomic E-state index is -0.188. The molecule has 0 aliphatic heterocycles. The smallest absolute Gasteiger partial charge is 0.222 e. The molecule has 0 amide bonds. The van der Waals surface area contributed by atoms with Crippen LogP contribution in [0.1, 0.15) is 36.3 Å². The van der Waals surface area contributed by atoms with Crippen LogP contribution in [-0.4, -0.2) is 16.2 Å². The number of rotatable bonds is 3. The monoisotopic (exact) mass is 269 g/mol. The molecule has 1 aliphatic rings. The van der Waals surface area contributed by atoms with Crippen LogP contribution in [0.5, 0.6) is 11.6 Å². The molecular formula is C17H19NO2. The molecule has 2 unspecified atom stereocenters. The molecule has 2 atom stereocenters. The summed E-state index contributed by atoms with van der Waals surface area (Å²) >= 11 is 0. The van der Waals surface area contributed by atoms with Crippen LogP contribution in [0.3, 0.4) is 0 Å². The maximum atomic E-state index is 9.71. The highest BCUT2D eigenvalue weighted by Gasteiger charge is 2.27. The maximum absolute atomic E-state index is 9.71. The molecular weight excluding hydrogens is 250 g/mol. The molecule has 1 heterocycles. The molecule has 3 nitrogen and oxygen atoms in total. The molecule has 1 saturated carbocycles. The number of hydrogen-bond acceptors (Lipinski definition) is 3. The fourth-order valence-corrected chi connectivity index (χ4v) is 2.76. The first kappa shape index (κ1) is 13.1. The first-order valence-electron chi connectivity index (χ1n) is 7.10. The highest BCUT2D eigenvalue weighted by atomic mass is 16.5. The lowest BCUT2D eigenvalue weighted by molar-refractivity contribution is 0.181. The van der Waals surface area contributed by atoms with Gasteiger partial charge in [-0.2, -0.15) is 0 Å². The zero-order valence-electron chi connectivity index (χ0n) is 11.6. The Morgan fingerprint density at radius 2 is 1.95 bits per heavy atom. The molecule has 104 valence electrons. The predicted octanol–water partition coefficient (Wildman–Crippen LogP) is 3.81. The molecule has 1 N–H and O–H groups in total. The molecule has 0 radical (unpaired) electrons. The minimum Gasteiger partial charge on any atom is -0.439 e. The van der Waals surface area contributed by atoms with Crippen molar-refractivity contribution in [2.45, 2.75) is 38.2 Å². The number of aryl methyl sites for hydroxylation is 1. The Labute approximate surface area is 119 Å². The van der Waals surface area contributed by atoms with Crippen LogP contribution >= 0.6 is 0 Å². The van der Waals surface area contributed by atoms with E-state index in [2.05, 4.69) is 18.0 Å². The summed E-state index contributed by atoms with van der Waals surface area (Å²) in [6, 6.07) is 11.9. The summed E-state index contributed by atoms with van der Waals surface area (Å²) in [5.41, 5.74) is 2.31. The molecule has 1 fully saturated rings.